The minimum absolute atomic E-state index is 0.101. The van der Waals surface area contributed by atoms with Gasteiger partial charge in [-0.1, -0.05) is 25.8 Å². The van der Waals surface area contributed by atoms with Crippen molar-refractivity contribution in [1.82, 2.24) is 0 Å². The molecule has 0 bridgehead atoms. The summed E-state index contributed by atoms with van der Waals surface area (Å²) in [5.74, 6) is -0.171. The standard InChI is InChI=1S/C23H32F2O3/c1-3-4-5-18-9-6-16(14-27-18)15-28-19-10-7-17(8-11-19)20-12-13-21(26-2)23(25)22(20)24/h7,10,16,18H,3-6,8-9,11-15H2,1-2H3. The third-order valence-electron chi connectivity index (χ3n) is 5.90. The normalized spacial score (nSPS) is 26.1. The van der Waals surface area contributed by atoms with Crippen LogP contribution in [-0.4, -0.2) is 26.4 Å². The lowest BCUT2D eigenvalue weighted by atomic mass is 9.89. The maximum absolute atomic E-state index is 14.3. The molecule has 2 atom stereocenters. The van der Waals surface area contributed by atoms with Gasteiger partial charge in [-0.3, -0.25) is 0 Å². The molecule has 3 aliphatic rings. The van der Waals surface area contributed by atoms with Crippen LogP contribution < -0.4 is 0 Å². The van der Waals surface area contributed by atoms with Crippen molar-refractivity contribution < 1.29 is 23.0 Å². The minimum Gasteiger partial charge on any atom is -0.498 e. The molecule has 0 aromatic heterocycles. The van der Waals surface area contributed by atoms with E-state index in [2.05, 4.69) is 6.92 Å². The van der Waals surface area contributed by atoms with E-state index in [-0.39, 0.29) is 5.76 Å². The zero-order valence-corrected chi connectivity index (χ0v) is 17.1. The summed E-state index contributed by atoms with van der Waals surface area (Å²) >= 11 is 0. The van der Waals surface area contributed by atoms with Crippen LogP contribution in [-0.2, 0) is 14.2 Å². The van der Waals surface area contributed by atoms with Gasteiger partial charge >= 0.3 is 0 Å². The number of allylic oxidation sites excluding steroid dienone is 8. The highest BCUT2D eigenvalue weighted by molar-refractivity contribution is 5.45. The van der Waals surface area contributed by atoms with Gasteiger partial charge in [0, 0.05) is 18.8 Å². The summed E-state index contributed by atoms with van der Waals surface area (Å²) in [6, 6.07) is 0. The Bertz CT molecular complexity index is 667. The van der Waals surface area contributed by atoms with Crippen LogP contribution in [0, 0.1) is 5.92 Å². The van der Waals surface area contributed by atoms with Crippen molar-refractivity contribution in [3.63, 3.8) is 0 Å². The first-order valence-electron chi connectivity index (χ1n) is 10.6. The lowest BCUT2D eigenvalue weighted by Crippen LogP contribution is -2.28. The molecule has 0 N–H and O–H groups in total. The first-order chi connectivity index (χ1) is 13.6. The highest BCUT2D eigenvalue weighted by Crippen LogP contribution is 2.38. The highest BCUT2D eigenvalue weighted by Gasteiger charge is 2.26. The lowest BCUT2D eigenvalue weighted by molar-refractivity contribution is -0.0384. The SMILES string of the molecule is CCCCC1CCC(COC2=CC=C(C3=C(F)C(F)=C(OC)CC3)CC2)CO1. The van der Waals surface area contributed by atoms with Gasteiger partial charge in [0.2, 0.25) is 0 Å². The van der Waals surface area contributed by atoms with Crippen LogP contribution in [0.25, 0.3) is 0 Å². The number of rotatable bonds is 8. The van der Waals surface area contributed by atoms with Crippen LogP contribution in [0.15, 0.2) is 46.5 Å². The highest BCUT2D eigenvalue weighted by atomic mass is 19.2. The largest absolute Gasteiger partial charge is 0.498 e. The van der Waals surface area contributed by atoms with Crippen LogP contribution >= 0.6 is 0 Å². The van der Waals surface area contributed by atoms with Crippen LogP contribution in [0.1, 0.15) is 64.7 Å². The molecule has 3 nitrogen and oxygen atoms in total. The van der Waals surface area contributed by atoms with Gasteiger partial charge in [0.05, 0.1) is 32.2 Å². The maximum atomic E-state index is 14.3. The Morgan fingerprint density at radius 3 is 2.57 bits per heavy atom. The van der Waals surface area contributed by atoms with Gasteiger partial charge in [-0.2, -0.15) is 0 Å². The van der Waals surface area contributed by atoms with Crippen molar-refractivity contribution in [1.29, 1.82) is 0 Å². The summed E-state index contributed by atoms with van der Waals surface area (Å²) in [5, 5.41) is 0. The summed E-state index contributed by atoms with van der Waals surface area (Å²) in [6.45, 7) is 3.65. The molecule has 0 saturated carbocycles. The molecule has 0 aromatic carbocycles. The van der Waals surface area contributed by atoms with E-state index >= 15 is 0 Å². The van der Waals surface area contributed by atoms with Crippen LogP contribution in [0.4, 0.5) is 8.78 Å². The zero-order chi connectivity index (χ0) is 19.9. The number of halogens is 2. The van der Waals surface area contributed by atoms with Gasteiger partial charge < -0.3 is 14.2 Å². The van der Waals surface area contributed by atoms with Gasteiger partial charge in [0.25, 0.3) is 0 Å². The molecule has 156 valence electrons. The monoisotopic (exact) mass is 394 g/mol. The van der Waals surface area contributed by atoms with E-state index in [0.29, 0.717) is 43.5 Å². The predicted molar refractivity (Wildman–Crippen MR) is 106 cm³/mol. The molecule has 0 amide bonds. The van der Waals surface area contributed by atoms with E-state index in [9.17, 15) is 8.78 Å². The number of ether oxygens (including phenoxy) is 3. The van der Waals surface area contributed by atoms with E-state index in [1.54, 1.807) is 0 Å². The fraction of sp³-hybridized carbons (Fsp3) is 0.652. The molecule has 0 aromatic rings. The molecule has 28 heavy (non-hydrogen) atoms. The molecular weight excluding hydrogens is 362 g/mol. The Labute approximate surface area is 167 Å². The summed E-state index contributed by atoms with van der Waals surface area (Å²) in [7, 11) is 1.38. The van der Waals surface area contributed by atoms with Crippen molar-refractivity contribution >= 4 is 0 Å². The second-order valence-electron chi connectivity index (χ2n) is 7.91. The molecule has 3 rings (SSSR count). The number of hydrogen-bond acceptors (Lipinski definition) is 3. The average molecular weight is 395 g/mol. The second kappa shape index (κ2) is 10.2. The molecular formula is C23H32F2O3. The fourth-order valence-corrected chi connectivity index (χ4v) is 4.07. The van der Waals surface area contributed by atoms with Crippen molar-refractivity contribution in [2.75, 3.05) is 20.3 Å². The predicted octanol–water partition coefficient (Wildman–Crippen LogP) is 6.44. The van der Waals surface area contributed by atoms with Gasteiger partial charge in [0.1, 0.15) is 5.76 Å². The molecule has 2 aliphatic carbocycles. The number of methoxy groups -OCH3 is 1. The van der Waals surface area contributed by atoms with Gasteiger partial charge in [-0.15, -0.1) is 0 Å². The Kier molecular flexibility index (Phi) is 7.72. The summed E-state index contributed by atoms with van der Waals surface area (Å²) in [5.41, 5.74) is 1.32. The van der Waals surface area contributed by atoms with Crippen molar-refractivity contribution in [2.24, 2.45) is 5.92 Å². The van der Waals surface area contributed by atoms with E-state index < -0.39 is 11.7 Å². The number of unbranched alkanes of at least 4 members (excludes halogenated alkanes) is 1. The van der Waals surface area contributed by atoms with Gasteiger partial charge in [-0.05, 0) is 49.3 Å². The van der Waals surface area contributed by atoms with Crippen LogP contribution in [0.5, 0.6) is 0 Å². The Balaban J connectivity index is 1.50. The van der Waals surface area contributed by atoms with E-state index in [0.717, 1.165) is 43.6 Å². The second-order valence-corrected chi connectivity index (χ2v) is 7.91. The van der Waals surface area contributed by atoms with Crippen LogP contribution in [0.2, 0.25) is 0 Å². The molecule has 0 spiro atoms. The van der Waals surface area contributed by atoms with E-state index in [4.69, 9.17) is 14.2 Å². The smallest absolute Gasteiger partial charge is 0.196 e. The number of hydrogen-bond donors (Lipinski definition) is 0. The summed E-state index contributed by atoms with van der Waals surface area (Å²) in [4.78, 5) is 0. The van der Waals surface area contributed by atoms with Crippen LogP contribution in [0.3, 0.4) is 0 Å². The molecule has 2 unspecified atom stereocenters. The van der Waals surface area contributed by atoms with E-state index in [1.165, 1.54) is 20.0 Å². The van der Waals surface area contributed by atoms with Gasteiger partial charge in [0.15, 0.2) is 11.7 Å². The fourth-order valence-electron chi connectivity index (χ4n) is 4.07. The Morgan fingerprint density at radius 2 is 1.93 bits per heavy atom. The topological polar surface area (TPSA) is 27.7 Å². The third-order valence-corrected chi connectivity index (χ3v) is 5.90. The third kappa shape index (κ3) is 5.25. The first kappa shape index (κ1) is 21.1. The molecule has 1 aliphatic heterocycles. The quantitative estimate of drug-likeness (QED) is 0.474. The molecule has 1 heterocycles. The maximum Gasteiger partial charge on any atom is 0.196 e. The van der Waals surface area contributed by atoms with Crippen molar-refractivity contribution in [3.05, 3.63) is 46.5 Å². The lowest BCUT2D eigenvalue weighted by Gasteiger charge is -2.29. The van der Waals surface area contributed by atoms with Gasteiger partial charge in [-0.25, -0.2) is 8.78 Å². The zero-order valence-electron chi connectivity index (χ0n) is 17.1. The van der Waals surface area contributed by atoms with Crippen molar-refractivity contribution in [2.45, 2.75) is 70.8 Å². The Hall–Kier alpha value is -1.62. The average Bonchev–Trinajstić information content (AvgIpc) is 2.74. The summed E-state index contributed by atoms with van der Waals surface area (Å²) < 4.78 is 45.2. The first-order valence-corrected chi connectivity index (χ1v) is 10.6. The molecule has 0 radical (unpaired) electrons. The molecule has 5 heteroatoms. The molecule has 1 saturated heterocycles. The van der Waals surface area contributed by atoms with Crippen molar-refractivity contribution in [3.8, 4) is 0 Å². The Morgan fingerprint density at radius 1 is 1.07 bits per heavy atom. The minimum atomic E-state index is -0.856. The van der Waals surface area contributed by atoms with E-state index in [1.807, 2.05) is 12.2 Å². The summed E-state index contributed by atoms with van der Waals surface area (Å²) in [6.07, 6.45) is 12.3. The molecule has 1 fully saturated rings.